The first-order valence-electron chi connectivity index (χ1n) is 15.6. The zero-order valence-corrected chi connectivity index (χ0v) is 25.7. The van der Waals surface area contributed by atoms with Crippen LogP contribution in [0.5, 0.6) is 0 Å². The molecule has 3 aromatic carbocycles. The number of nitrogens with zero attached hydrogens (tertiary/aromatic N) is 1. The van der Waals surface area contributed by atoms with Crippen LogP contribution in [-0.2, 0) is 20.4 Å². The number of amides is 2. The minimum absolute atomic E-state index is 0.00491. The van der Waals surface area contributed by atoms with Gasteiger partial charge in [0.1, 0.15) is 5.82 Å². The first-order valence-corrected chi connectivity index (χ1v) is 15.6. The van der Waals surface area contributed by atoms with Crippen LogP contribution in [0.4, 0.5) is 28.9 Å². The molecule has 2 unspecified atom stereocenters. The number of nitrogens with one attached hydrogen (secondary N) is 2. The Kier molecular flexibility index (Phi) is 9.07. The van der Waals surface area contributed by atoms with Crippen LogP contribution in [0.1, 0.15) is 57.9 Å². The number of ether oxygens (including phenoxy) is 2. The molecular formula is C35H37F4N3O4. The molecule has 0 radical (unpaired) electrons. The number of alkyl halides is 3. The quantitative estimate of drug-likeness (QED) is 0.287. The molecule has 2 amide bonds. The summed E-state index contributed by atoms with van der Waals surface area (Å²) in [6.07, 6.45) is -2.51. The van der Waals surface area contributed by atoms with Gasteiger partial charge in [0, 0.05) is 36.5 Å². The van der Waals surface area contributed by atoms with Crippen molar-refractivity contribution in [1.29, 1.82) is 0 Å². The second-order valence-corrected chi connectivity index (χ2v) is 12.5. The number of hydrogen-bond donors (Lipinski definition) is 2. The summed E-state index contributed by atoms with van der Waals surface area (Å²) in [6, 6.07) is 14.6. The fraction of sp³-hybridized carbons (Fsp3) is 0.429. The van der Waals surface area contributed by atoms with Crippen molar-refractivity contribution in [3.63, 3.8) is 0 Å². The molecule has 4 atom stereocenters. The highest BCUT2D eigenvalue weighted by molar-refractivity contribution is 5.98. The van der Waals surface area contributed by atoms with Gasteiger partial charge in [-0.05, 0) is 80.1 Å². The van der Waals surface area contributed by atoms with Gasteiger partial charge < -0.3 is 25.0 Å². The van der Waals surface area contributed by atoms with Gasteiger partial charge in [0.15, 0.2) is 0 Å². The zero-order valence-electron chi connectivity index (χ0n) is 25.7. The topological polar surface area (TPSA) is 79.9 Å². The van der Waals surface area contributed by atoms with Crippen LogP contribution >= 0.6 is 0 Å². The highest BCUT2D eigenvalue weighted by atomic mass is 19.4. The predicted molar refractivity (Wildman–Crippen MR) is 165 cm³/mol. The molecule has 3 heterocycles. The average molecular weight is 640 g/mol. The standard InChI is InChI=1S/C35H37F4N3O4/c1-20-6-9-26(17-28(20)35(37,38)39)41-33(43)27-16-23-18-46-19-30(23)42(34(44)31-21(2)4-3-5-29(31)36)32(27)22-7-10-24(11-8-22)40-25-12-14-45-15-13-25/h3-11,17,23,25,27,30,32,40H,12-16,18-19H2,1-2H3,(H,41,43)/t23-,27?,30+,32?/m1/s1. The molecule has 46 heavy (non-hydrogen) atoms. The number of halogens is 4. The first kappa shape index (κ1) is 32.0. The number of hydrogen-bond acceptors (Lipinski definition) is 5. The summed E-state index contributed by atoms with van der Waals surface area (Å²) in [5, 5.41) is 6.21. The summed E-state index contributed by atoms with van der Waals surface area (Å²) in [7, 11) is 0. The molecule has 0 spiro atoms. The fourth-order valence-electron chi connectivity index (χ4n) is 7.02. The maximum Gasteiger partial charge on any atom is 0.416 e. The number of rotatable bonds is 6. The molecule has 244 valence electrons. The molecule has 3 aliphatic rings. The highest BCUT2D eigenvalue weighted by Gasteiger charge is 2.51. The van der Waals surface area contributed by atoms with E-state index in [1.54, 1.807) is 17.9 Å². The van der Waals surface area contributed by atoms with Gasteiger partial charge in [-0.2, -0.15) is 13.2 Å². The smallest absolute Gasteiger partial charge is 0.382 e. The maximum absolute atomic E-state index is 15.2. The van der Waals surface area contributed by atoms with Gasteiger partial charge in [0.25, 0.3) is 5.91 Å². The third kappa shape index (κ3) is 6.48. The summed E-state index contributed by atoms with van der Waals surface area (Å²) in [5.74, 6) is -2.83. The molecule has 0 saturated carbocycles. The molecule has 2 N–H and O–H groups in total. The molecule has 3 aliphatic heterocycles. The van der Waals surface area contributed by atoms with Crippen LogP contribution in [0, 0.1) is 31.5 Å². The molecular weight excluding hydrogens is 602 g/mol. The van der Waals surface area contributed by atoms with E-state index in [2.05, 4.69) is 10.6 Å². The first-order chi connectivity index (χ1) is 22.0. The SMILES string of the molecule is Cc1ccc(NC(=O)C2C[C@@H]3COC[C@@H]3N(C(=O)c3c(C)cccc3F)C2c2ccc(NC3CCOCC3)cc2)cc1C(F)(F)F. The molecule has 7 nitrogen and oxygen atoms in total. The van der Waals surface area contributed by atoms with Crippen LogP contribution in [0.25, 0.3) is 0 Å². The Hall–Kier alpha value is -3.96. The van der Waals surface area contributed by atoms with E-state index < -0.39 is 47.4 Å². The Bertz CT molecular complexity index is 1570. The number of likely N-dealkylation sites (tertiary alicyclic amines) is 1. The predicted octanol–water partition coefficient (Wildman–Crippen LogP) is 6.91. The largest absolute Gasteiger partial charge is 0.416 e. The van der Waals surface area contributed by atoms with Crippen molar-refractivity contribution in [3.8, 4) is 0 Å². The number of piperidine rings is 1. The second kappa shape index (κ2) is 13.0. The number of carbonyl (C=O) groups excluding carboxylic acids is 2. The lowest BCUT2D eigenvalue weighted by atomic mass is 9.76. The van der Waals surface area contributed by atoms with Crippen LogP contribution in [0.15, 0.2) is 60.7 Å². The zero-order chi connectivity index (χ0) is 32.6. The summed E-state index contributed by atoms with van der Waals surface area (Å²) in [6.45, 7) is 4.91. The maximum atomic E-state index is 15.2. The Balaban J connectivity index is 1.38. The van der Waals surface area contributed by atoms with Crippen molar-refractivity contribution in [2.24, 2.45) is 11.8 Å². The Morgan fingerprint density at radius 2 is 1.61 bits per heavy atom. The van der Waals surface area contributed by atoms with E-state index in [4.69, 9.17) is 9.47 Å². The van der Waals surface area contributed by atoms with Gasteiger partial charge in [0.05, 0.1) is 42.3 Å². The number of fused-ring (bicyclic) bond motifs is 1. The molecule has 0 bridgehead atoms. The Morgan fingerprint density at radius 3 is 2.30 bits per heavy atom. The molecule has 0 aromatic heterocycles. The normalized spacial score (nSPS) is 23.6. The van der Waals surface area contributed by atoms with Gasteiger partial charge >= 0.3 is 6.18 Å². The summed E-state index contributed by atoms with van der Waals surface area (Å²) in [4.78, 5) is 30.0. The van der Waals surface area contributed by atoms with E-state index in [0.29, 0.717) is 37.4 Å². The summed E-state index contributed by atoms with van der Waals surface area (Å²) >= 11 is 0. The van der Waals surface area contributed by atoms with E-state index in [-0.39, 0.29) is 35.4 Å². The Morgan fingerprint density at radius 1 is 0.891 bits per heavy atom. The number of carbonyl (C=O) groups is 2. The van der Waals surface area contributed by atoms with E-state index >= 15 is 4.39 Å². The summed E-state index contributed by atoms with van der Waals surface area (Å²) in [5.41, 5.74) is 1.12. The van der Waals surface area contributed by atoms with E-state index in [1.807, 2.05) is 24.3 Å². The van der Waals surface area contributed by atoms with Crippen LogP contribution < -0.4 is 10.6 Å². The van der Waals surface area contributed by atoms with Gasteiger partial charge in [-0.1, -0.05) is 30.3 Å². The fourth-order valence-corrected chi connectivity index (χ4v) is 7.02. The van der Waals surface area contributed by atoms with Gasteiger partial charge in [0.2, 0.25) is 5.91 Å². The lowest BCUT2D eigenvalue weighted by molar-refractivity contribution is -0.138. The third-order valence-corrected chi connectivity index (χ3v) is 9.42. The molecule has 3 aromatic rings. The molecule has 0 aliphatic carbocycles. The lowest BCUT2D eigenvalue weighted by Gasteiger charge is -2.47. The van der Waals surface area contributed by atoms with Gasteiger partial charge in [-0.3, -0.25) is 9.59 Å². The molecule has 11 heteroatoms. The highest BCUT2D eigenvalue weighted by Crippen LogP contribution is 2.46. The van der Waals surface area contributed by atoms with E-state index in [9.17, 15) is 22.8 Å². The van der Waals surface area contributed by atoms with E-state index in [0.717, 1.165) is 24.6 Å². The van der Waals surface area contributed by atoms with Crippen LogP contribution in [0.2, 0.25) is 0 Å². The number of anilines is 2. The second-order valence-electron chi connectivity index (χ2n) is 12.5. The Labute approximate surface area is 265 Å². The number of benzene rings is 3. The minimum Gasteiger partial charge on any atom is -0.382 e. The number of aryl methyl sites for hydroxylation is 2. The lowest BCUT2D eigenvalue weighted by Crippen LogP contribution is -2.55. The van der Waals surface area contributed by atoms with Crippen molar-refractivity contribution in [1.82, 2.24) is 4.90 Å². The average Bonchev–Trinajstić information content (AvgIpc) is 3.50. The van der Waals surface area contributed by atoms with Crippen LogP contribution in [-0.4, -0.2) is 55.2 Å². The monoisotopic (exact) mass is 639 g/mol. The van der Waals surface area contributed by atoms with Gasteiger partial charge in [-0.25, -0.2) is 4.39 Å². The third-order valence-electron chi connectivity index (χ3n) is 9.42. The van der Waals surface area contributed by atoms with E-state index in [1.165, 1.54) is 31.2 Å². The van der Waals surface area contributed by atoms with Crippen LogP contribution in [0.3, 0.4) is 0 Å². The van der Waals surface area contributed by atoms with Crippen molar-refractivity contribution in [2.75, 3.05) is 37.1 Å². The van der Waals surface area contributed by atoms with Crippen molar-refractivity contribution >= 4 is 23.2 Å². The molecule has 3 fully saturated rings. The van der Waals surface area contributed by atoms with Crippen molar-refractivity contribution < 1.29 is 36.6 Å². The molecule has 3 saturated heterocycles. The summed E-state index contributed by atoms with van der Waals surface area (Å²) < 4.78 is 67.6. The van der Waals surface area contributed by atoms with Crippen molar-refractivity contribution in [3.05, 3.63) is 94.3 Å². The van der Waals surface area contributed by atoms with Crippen molar-refractivity contribution in [2.45, 2.75) is 57.4 Å². The minimum atomic E-state index is -4.59. The van der Waals surface area contributed by atoms with Gasteiger partial charge in [-0.15, -0.1) is 0 Å². The molecule has 6 rings (SSSR count).